The molecule has 0 aliphatic heterocycles. The number of thiocarbonyl (C=S) groups is 1. The number of hydrogen-bond acceptors (Lipinski definition) is 3. The second-order valence-electron chi connectivity index (χ2n) is 4.18. The fourth-order valence-electron chi connectivity index (χ4n) is 1.65. The summed E-state index contributed by atoms with van der Waals surface area (Å²) in [5.74, 6) is 0.308. The van der Waals surface area contributed by atoms with E-state index in [9.17, 15) is 4.39 Å². The molecule has 3 N–H and O–H groups in total. The summed E-state index contributed by atoms with van der Waals surface area (Å²) >= 11 is 4.67. The minimum Gasteiger partial charge on any atom is -0.489 e. The van der Waals surface area contributed by atoms with Crippen LogP contribution in [0.4, 0.5) is 4.39 Å². The number of nitrogens with zero attached hydrogens (tertiary/aromatic N) is 1. The summed E-state index contributed by atoms with van der Waals surface area (Å²) < 4.78 is 18.4. The molecule has 0 aliphatic carbocycles. The van der Waals surface area contributed by atoms with Crippen LogP contribution in [0.3, 0.4) is 0 Å². The molecule has 0 saturated carbocycles. The minimum absolute atomic E-state index is 0.103. The summed E-state index contributed by atoms with van der Waals surface area (Å²) in [7, 11) is 0. The molecule has 2 rings (SSSR count). The highest BCUT2D eigenvalue weighted by Gasteiger charge is 2.01. The van der Waals surface area contributed by atoms with Gasteiger partial charge in [-0.2, -0.15) is 5.10 Å². The van der Waals surface area contributed by atoms with Crippen molar-refractivity contribution < 1.29 is 9.13 Å². The Balaban J connectivity index is 2.04. The molecule has 0 aromatic heterocycles. The highest BCUT2D eigenvalue weighted by Crippen LogP contribution is 2.15. The number of nitrogens with two attached hydrogens (primary N) is 1. The van der Waals surface area contributed by atoms with Crippen molar-refractivity contribution in [1.82, 2.24) is 5.43 Å². The molecule has 0 amide bonds. The normalized spacial score (nSPS) is 10.5. The average Bonchev–Trinajstić information content (AvgIpc) is 2.47. The highest BCUT2D eigenvalue weighted by atomic mass is 32.1. The summed E-state index contributed by atoms with van der Waals surface area (Å²) in [5.41, 5.74) is 9.61. The topological polar surface area (TPSA) is 59.6 Å². The first-order valence-corrected chi connectivity index (χ1v) is 6.61. The van der Waals surface area contributed by atoms with E-state index >= 15 is 0 Å². The number of rotatable bonds is 5. The molecular weight excluding hydrogens is 289 g/mol. The molecule has 21 heavy (non-hydrogen) atoms. The maximum absolute atomic E-state index is 12.8. The zero-order valence-corrected chi connectivity index (χ0v) is 11.9. The van der Waals surface area contributed by atoms with Crippen molar-refractivity contribution in [2.24, 2.45) is 10.8 Å². The Bertz CT molecular complexity index is 644. The third kappa shape index (κ3) is 4.85. The fourth-order valence-corrected chi connectivity index (χ4v) is 1.70. The van der Waals surface area contributed by atoms with E-state index in [4.69, 9.17) is 10.5 Å². The smallest absolute Gasteiger partial charge is 0.184 e. The molecular formula is C15H14FN3OS. The van der Waals surface area contributed by atoms with Crippen LogP contribution in [0.25, 0.3) is 0 Å². The van der Waals surface area contributed by atoms with Gasteiger partial charge in [0.25, 0.3) is 0 Å². The van der Waals surface area contributed by atoms with Gasteiger partial charge in [0.15, 0.2) is 5.11 Å². The predicted octanol–water partition coefficient (Wildman–Crippen LogP) is 2.57. The summed E-state index contributed by atoms with van der Waals surface area (Å²) in [4.78, 5) is 0. The molecule has 0 spiro atoms. The van der Waals surface area contributed by atoms with Gasteiger partial charge < -0.3 is 10.5 Å². The molecule has 0 aliphatic rings. The third-order valence-electron chi connectivity index (χ3n) is 2.64. The van der Waals surface area contributed by atoms with Gasteiger partial charge in [0, 0.05) is 5.56 Å². The fraction of sp³-hybridized carbons (Fsp3) is 0.0667. The van der Waals surface area contributed by atoms with E-state index in [2.05, 4.69) is 22.7 Å². The molecule has 0 atom stereocenters. The van der Waals surface area contributed by atoms with Crippen molar-refractivity contribution in [1.29, 1.82) is 0 Å². The van der Waals surface area contributed by atoms with Gasteiger partial charge in [0.05, 0.1) is 6.21 Å². The van der Waals surface area contributed by atoms with Gasteiger partial charge in [-0.15, -0.1) is 0 Å². The Labute approximate surface area is 127 Å². The lowest BCUT2D eigenvalue weighted by Gasteiger charge is -2.08. The quantitative estimate of drug-likeness (QED) is 0.506. The summed E-state index contributed by atoms with van der Waals surface area (Å²) in [6.45, 7) is 0.348. The summed E-state index contributed by atoms with van der Waals surface area (Å²) in [6.07, 6.45) is 1.61. The first-order valence-electron chi connectivity index (χ1n) is 6.20. The average molecular weight is 303 g/mol. The van der Waals surface area contributed by atoms with Crippen molar-refractivity contribution in [2.75, 3.05) is 0 Å². The lowest BCUT2D eigenvalue weighted by molar-refractivity contribution is 0.305. The SMILES string of the molecule is NC(=S)NN=Cc1ccccc1COc1ccc(F)cc1. The second kappa shape index (κ2) is 7.35. The van der Waals surface area contributed by atoms with Gasteiger partial charge in [0.2, 0.25) is 0 Å². The van der Waals surface area contributed by atoms with E-state index in [0.717, 1.165) is 11.1 Å². The lowest BCUT2D eigenvalue weighted by Crippen LogP contribution is -2.24. The number of hydrazone groups is 1. The molecule has 0 heterocycles. The van der Waals surface area contributed by atoms with Gasteiger partial charge in [-0.05, 0) is 42.0 Å². The van der Waals surface area contributed by atoms with Gasteiger partial charge in [-0.1, -0.05) is 24.3 Å². The van der Waals surface area contributed by atoms with Crippen LogP contribution in [0.1, 0.15) is 11.1 Å². The van der Waals surface area contributed by atoms with Crippen LogP contribution in [0.5, 0.6) is 5.75 Å². The maximum atomic E-state index is 12.8. The number of nitrogens with one attached hydrogen (secondary N) is 1. The lowest BCUT2D eigenvalue weighted by atomic mass is 10.1. The number of benzene rings is 2. The Morgan fingerprint density at radius 3 is 2.67 bits per heavy atom. The first kappa shape index (κ1) is 14.9. The van der Waals surface area contributed by atoms with E-state index in [1.54, 1.807) is 18.3 Å². The van der Waals surface area contributed by atoms with Crippen LogP contribution in [-0.2, 0) is 6.61 Å². The van der Waals surface area contributed by atoms with E-state index in [-0.39, 0.29) is 10.9 Å². The minimum atomic E-state index is -0.293. The number of hydrogen-bond donors (Lipinski definition) is 2. The standard InChI is InChI=1S/C15H14FN3OS/c16-13-5-7-14(8-6-13)20-10-12-4-2-1-3-11(12)9-18-19-15(17)21/h1-9H,10H2,(H3,17,19,21). The van der Waals surface area contributed by atoms with Crippen LogP contribution >= 0.6 is 12.2 Å². The van der Waals surface area contributed by atoms with Crippen LogP contribution < -0.4 is 15.9 Å². The Morgan fingerprint density at radius 1 is 1.24 bits per heavy atom. The van der Waals surface area contributed by atoms with Crippen molar-refractivity contribution in [3.63, 3.8) is 0 Å². The molecule has 2 aromatic carbocycles. The van der Waals surface area contributed by atoms with Crippen LogP contribution in [0, 0.1) is 5.82 Å². The molecule has 4 nitrogen and oxygen atoms in total. The Kier molecular flexibility index (Phi) is 5.22. The Morgan fingerprint density at radius 2 is 1.95 bits per heavy atom. The van der Waals surface area contributed by atoms with E-state index in [1.807, 2.05) is 24.3 Å². The molecule has 0 unspecified atom stereocenters. The van der Waals surface area contributed by atoms with Crippen LogP contribution in [-0.4, -0.2) is 11.3 Å². The van der Waals surface area contributed by atoms with E-state index in [0.29, 0.717) is 12.4 Å². The molecule has 0 saturated heterocycles. The van der Waals surface area contributed by atoms with Crippen molar-refractivity contribution in [3.8, 4) is 5.75 Å². The predicted molar refractivity (Wildman–Crippen MR) is 84.7 cm³/mol. The molecule has 0 fully saturated rings. The van der Waals surface area contributed by atoms with Gasteiger partial charge in [-0.25, -0.2) is 4.39 Å². The maximum Gasteiger partial charge on any atom is 0.184 e. The first-order chi connectivity index (χ1) is 10.1. The largest absolute Gasteiger partial charge is 0.489 e. The van der Waals surface area contributed by atoms with Crippen LogP contribution in [0.2, 0.25) is 0 Å². The molecule has 0 radical (unpaired) electrons. The number of ether oxygens (including phenoxy) is 1. The molecule has 6 heteroatoms. The molecule has 108 valence electrons. The van der Waals surface area contributed by atoms with Gasteiger partial charge in [0.1, 0.15) is 18.2 Å². The Hall–Kier alpha value is -2.47. The van der Waals surface area contributed by atoms with E-state index in [1.165, 1.54) is 12.1 Å². The monoisotopic (exact) mass is 303 g/mol. The number of halogens is 1. The summed E-state index contributed by atoms with van der Waals surface area (Å²) in [5, 5.41) is 4.03. The van der Waals surface area contributed by atoms with Gasteiger partial charge in [-0.3, -0.25) is 5.43 Å². The van der Waals surface area contributed by atoms with Crippen molar-refractivity contribution >= 4 is 23.5 Å². The highest BCUT2D eigenvalue weighted by molar-refractivity contribution is 7.80. The van der Waals surface area contributed by atoms with Crippen LogP contribution in [0.15, 0.2) is 53.6 Å². The van der Waals surface area contributed by atoms with Crippen molar-refractivity contribution in [2.45, 2.75) is 6.61 Å². The molecule has 0 bridgehead atoms. The van der Waals surface area contributed by atoms with Crippen molar-refractivity contribution in [3.05, 3.63) is 65.5 Å². The zero-order valence-electron chi connectivity index (χ0n) is 11.1. The van der Waals surface area contributed by atoms with Gasteiger partial charge >= 0.3 is 0 Å². The second-order valence-corrected chi connectivity index (χ2v) is 4.62. The molecule has 2 aromatic rings. The summed E-state index contributed by atoms with van der Waals surface area (Å²) in [6, 6.07) is 13.5. The van der Waals surface area contributed by atoms with E-state index < -0.39 is 0 Å². The third-order valence-corrected chi connectivity index (χ3v) is 2.73. The zero-order chi connectivity index (χ0) is 15.1.